The molecule has 1 aliphatic carbocycles. The van der Waals surface area contributed by atoms with Gasteiger partial charge in [0, 0.05) is 32.2 Å². The number of piperazine rings is 1. The molecule has 224 valence electrons. The average Bonchev–Trinajstić information content (AvgIpc) is 3.69. The lowest BCUT2D eigenvalue weighted by Crippen LogP contribution is -2.53. The molecule has 0 amide bonds. The van der Waals surface area contributed by atoms with Crippen LogP contribution in [0.1, 0.15) is 50.9 Å². The number of halogens is 5. The highest BCUT2D eigenvalue weighted by Crippen LogP contribution is 2.35. The molecule has 6 rings (SSSR count). The van der Waals surface area contributed by atoms with Gasteiger partial charge in [-0.05, 0) is 67.1 Å². The van der Waals surface area contributed by atoms with E-state index in [0.29, 0.717) is 48.2 Å². The van der Waals surface area contributed by atoms with Crippen molar-refractivity contribution in [3.63, 3.8) is 0 Å². The zero-order valence-corrected chi connectivity index (χ0v) is 24.3. The number of imidazole rings is 1. The van der Waals surface area contributed by atoms with Crippen LogP contribution in [0, 0.1) is 11.7 Å². The van der Waals surface area contributed by atoms with Gasteiger partial charge in [-0.2, -0.15) is 9.97 Å². The molecule has 1 saturated carbocycles. The number of anilines is 1. The summed E-state index contributed by atoms with van der Waals surface area (Å²) in [6.07, 6.45) is 0.435. The summed E-state index contributed by atoms with van der Waals surface area (Å²) in [5.74, 6) is 0.524. The Morgan fingerprint density at radius 2 is 1.76 bits per heavy atom. The van der Waals surface area contributed by atoms with Gasteiger partial charge in [0.15, 0.2) is 17.0 Å². The van der Waals surface area contributed by atoms with E-state index in [9.17, 15) is 17.6 Å². The van der Waals surface area contributed by atoms with Crippen LogP contribution in [0.25, 0.3) is 11.2 Å². The van der Waals surface area contributed by atoms with E-state index in [1.165, 1.54) is 37.1 Å². The first-order chi connectivity index (χ1) is 20.1. The summed E-state index contributed by atoms with van der Waals surface area (Å²) in [7, 11) is 0. The Kier molecular flexibility index (Phi) is 8.84. The summed E-state index contributed by atoms with van der Waals surface area (Å²) >= 11 is 6.36. The van der Waals surface area contributed by atoms with Gasteiger partial charge in [-0.25, -0.2) is 9.37 Å². The summed E-state index contributed by atoms with van der Waals surface area (Å²) in [6, 6.07) is 8.35. The second-order valence-corrected chi connectivity index (χ2v) is 10.6. The van der Waals surface area contributed by atoms with E-state index in [0.717, 1.165) is 18.3 Å². The fourth-order valence-electron chi connectivity index (χ4n) is 5.31. The van der Waals surface area contributed by atoms with Crippen molar-refractivity contribution in [2.75, 3.05) is 24.5 Å². The van der Waals surface area contributed by atoms with Crippen molar-refractivity contribution in [2.24, 2.45) is 5.92 Å². The summed E-state index contributed by atoms with van der Waals surface area (Å²) in [5.41, 5.74) is 2.70. The predicted molar refractivity (Wildman–Crippen MR) is 152 cm³/mol. The summed E-state index contributed by atoms with van der Waals surface area (Å²) in [5, 5.41) is 0.157. The molecule has 42 heavy (non-hydrogen) atoms. The molecule has 13 heteroatoms. The fourth-order valence-corrected chi connectivity index (χ4v) is 5.47. The normalized spacial score (nSPS) is 18.5. The van der Waals surface area contributed by atoms with Crippen LogP contribution in [0.3, 0.4) is 0 Å². The maximum Gasteiger partial charge on any atom is 0.573 e. The van der Waals surface area contributed by atoms with Crippen molar-refractivity contribution in [1.82, 2.24) is 29.4 Å². The molecule has 4 aromatic rings. The lowest BCUT2D eigenvalue weighted by atomic mass is 9.99. The van der Waals surface area contributed by atoms with E-state index in [4.69, 9.17) is 11.6 Å². The maximum atomic E-state index is 13.8. The van der Waals surface area contributed by atoms with Gasteiger partial charge in [0.25, 0.3) is 0 Å². The Morgan fingerprint density at radius 1 is 1.02 bits per heavy atom. The fraction of sp³-hybridized carbons (Fsp3) is 0.448. The third-order valence-electron chi connectivity index (χ3n) is 7.32. The number of hydrogen-bond acceptors (Lipinski definition) is 7. The van der Waals surface area contributed by atoms with Crippen molar-refractivity contribution in [3.8, 4) is 5.75 Å². The van der Waals surface area contributed by atoms with E-state index in [1.54, 1.807) is 18.5 Å². The molecule has 0 bridgehead atoms. The van der Waals surface area contributed by atoms with Crippen molar-refractivity contribution in [1.29, 1.82) is 0 Å². The molecule has 2 unspecified atom stereocenters. The molecular formula is C29H32ClF4N7O. The van der Waals surface area contributed by atoms with Crippen molar-refractivity contribution in [3.05, 3.63) is 71.3 Å². The van der Waals surface area contributed by atoms with Gasteiger partial charge in [0.2, 0.25) is 5.28 Å². The number of rotatable bonds is 7. The SMILES string of the molecule is CC.CC1CN(C(c2ccc(F)cc2)c2ccc(OC(F)(F)F)cn2)CCN1c1nc(Cl)nc2c1ncn2CC1CC1. The zero-order valence-electron chi connectivity index (χ0n) is 23.5. The maximum absolute atomic E-state index is 13.8. The number of ether oxygens (including phenoxy) is 1. The third-order valence-corrected chi connectivity index (χ3v) is 7.49. The van der Waals surface area contributed by atoms with Crippen LogP contribution in [-0.4, -0.2) is 61.4 Å². The zero-order chi connectivity index (χ0) is 30.0. The topological polar surface area (TPSA) is 72.2 Å². The second-order valence-electron chi connectivity index (χ2n) is 10.3. The third kappa shape index (κ3) is 6.75. The van der Waals surface area contributed by atoms with Gasteiger partial charge < -0.3 is 14.2 Å². The molecule has 4 heterocycles. The number of alkyl halides is 3. The van der Waals surface area contributed by atoms with Gasteiger partial charge in [0.05, 0.1) is 24.3 Å². The average molecular weight is 606 g/mol. The highest BCUT2D eigenvalue weighted by Gasteiger charge is 2.34. The minimum absolute atomic E-state index is 0.0349. The molecule has 0 spiro atoms. The van der Waals surface area contributed by atoms with Gasteiger partial charge in [-0.15, -0.1) is 13.2 Å². The lowest BCUT2D eigenvalue weighted by Gasteiger charge is -2.43. The molecular weight excluding hydrogens is 574 g/mol. The first kappa shape index (κ1) is 30.0. The van der Waals surface area contributed by atoms with E-state index >= 15 is 0 Å². The molecule has 1 aliphatic heterocycles. The Labute approximate surface area is 246 Å². The molecule has 0 N–H and O–H groups in total. The van der Waals surface area contributed by atoms with Crippen molar-refractivity contribution >= 4 is 28.6 Å². The summed E-state index contributed by atoms with van der Waals surface area (Å²) in [4.78, 5) is 22.2. The summed E-state index contributed by atoms with van der Waals surface area (Å²) in [6.45, 7) is 8.62. The molecule has 2 aliphatic rings. The van der Waals surface area contributed by atoms with E-state index < -0.39 is 18.2 Å². The van der Waals surface area contributed by atoms with Crippen LogP contribution in [0.5, 0.6) is 5.75 Å². The van der Waals surface area contributed by atoms with E-state index in [1.807, 2.05) is 18.4 Å². The number of fused-ring (bicyclic) bond motifs is 1. The first-order valence-corrected chi connectivity index (χ1v) is 14.4. The lowest BCUT2D eigenvalue weighted by molar-refractivity contribution is -0.274. The van der Waals surface area contributed by atoms with Crippen LogP contribution in [-0.2, 0) is 6.54 Å². The Hall–Kier alpha value is -3.51. The molecule has 0 radical (unpaired) electrons. The molecule has 1 aromatic carbocycles. The van der Waals surface area contributed by atoms with E-state index in [-0.39, 0.29) is 17.1 Å². The van der Waals surface area contributed by atoms with Gasteiger partial charge in [-0.3, -0.25) is 9.88 Å². The molecule has 2 fully saturated rings. The number of aromatic nitrogens is 5. The van der Waals surface area contributed by atoms with Crippen molar-refractivity contribution in [2.45, 2.75) is 58.6 Å². The van der Waals surface area contributed by atoms with Crippen LogP contribution in [0.4, 0.5) is 23.4 Å². The molecule has 1 saturated heterocycles. The van der Waals surface area contributed by atoms with Crippen LogP contribution in [0.2, 0.25) is 5.28 Å². The first-order valence-electron chi connectivity index (χ1n) is 14.0. The van der Waals surface area contributed by atoms with Gasteiger partial charge >= 0.3 is 6.36 Å². The summed E-state index contributed by atoms with van der Waals surface area (Å²) < 4.78 is 57.8. The quantitative estimate of drug-likeness (QED) is 0.173. The monoisotopic (exact) mass is 605 g/mol. The van der Waals surface area contributed by atoms with Gasteiger partial charge in [-0.1, -0.05) is 26.0 Å². The number of benzene rings is 1. The van der Waals surface area contributed by atoms with Gasteiger partial charge in [0.1, 0.15) is 11.6 Å². The number of nitrogens with zero attached hydrogens (tertiary/aromatic N) is 7. The Morgan fingerprint density at radius 3 is 2.38 bits per heavy atom. The molecule has 8 nitrogen and oxygen atoms in total. The number of hydrogen-bond donors (Lipinski definition) is 0. The van der Waals surface area contributed by atoms with Crippen LogP contribution < -0.4 is 9.64 Å². The smallest absolute Gasteiger partial charge is 0.404 e. The highest BCUT2D eigenvalue weighted by atomic mass is 35.5. The highest BCUT2D eigenvalue weighted by molar-refractivity contribution is 6.28. The van der Waals surface area contributed by atoms with Crippen molar-refractivity contribution < 1.29 is 22.3 Å². The predicted octanol–water partition coefficient (Wildman–Crippen LogP) is 6.65. The van der Waals surface area contributed by atoms with Crippen LogP contribution in [0.15, 0.2) is 48.9 Å². The van der Waals surface area contributed by atoms with E-state index in [2.05, 4.69) is 41.4 Å². The second kappa shape index (κ2) is 12.4. The standard InChI is InChI=1S/C27H26ClF4N7O.C2H6/c1-16-13-37(10-11-39(16)25-22-24(35-26(28)36-25)38(15-34-22)14-17-2-3-17)23(18-4-6-19(29)7-5-18)21-9-8-20(12-33-21)40-27(30,31)32;1-2/h4-9,12,15-17,23H,2-3,10-11,13-14H2,1H3;1-2H3. The minimum atomic E-state index is -4.81. The van der Waals surface area contributed by atoms with Crippen LogP contribution >= 0.6 is 11.6 Å². The Bertz CT molecular complexity index is 1490. The molecule has 2 atom stereocenters. The Balaban J connectivity index is 0.00000173. The minimum Gasteiger partial charge on any atom is -0.404 e. The largest absolute Gasteiger partial charge is 0.573 e. The number of pyridine rings is 1. The molecule has 3 aromatic heterocycles.